The molecule has 0 saturated heterocycles. The van der Waals surface area contributed by atoms with Gasteiger partial charge in [-0.3, -0.25) is 4.79 Å². The third-order valence-electron chi connectivity index (χ3n) is 3.34. The SMILES string of the molecule is CC1C(C(F)(F)F)CCCC1(N)C(=O)O. The van der Waals surface area contributed by atoms with Crippen LogP contribution in [0.5, 0.6) is 0 Å². The van der Waals surface area contributed by atoms with Crippen molar-refractivity contribution in [3.8, 4) is 0 Å². The summed E-state index contributed by atoms with van der Waals surface area (Å²) in [5.74, 6) is -4.03. The van der Waals surface area contributed by atoms with Gasteiger partial charge in [-0.1, -0.05) is 13.3 Å². The highest BCUT2D eigenvalue weighted by atomic mass is 19.4. The van der Waals surface area contributed by atoms with Gasteiger partial charge in [0, 0.05) is 0 Å². The van der Waals surface area contributed by atoms with E-state index in [4.69, 9.17) is 10.8 Å². The van der Waals surface area contributed by atoms with E-state index in [1.165, 1.54) is 6.92 Å². The highest BCUT2D eigenvalue weighted by Crippen LogP contribution is 2.44. The predicted octanol–water partition coefficient (Wildman–Crippen LogP) is 1.77. The lowest BCUT2D eigenvalue weighted by Gasteiger charge is -2.41. The molecule has 3 N–H and O–H groups in total. The smallest absolute Gasteiger partial charge is 0.392 e. The average Bonchev–Trinajstić information content (AvgIpc) is 2.07. The van der Waals surface area contributed by atoms with E-state index >= 15 is 0 Å². The number of aliphatic carboxylic acids is 1. The fraction of sp³-hybridized carbons (Fsp3) is 0.889. The molecule has 1 saturated carbocycles. The first-order valence-electron chi connectivity index (χ1n) is 4.78. The van der Waals surface area contributed by atoms with Crippen molar-refractivity contribution in [2.24, 2.45) is 17.6 Å². The molecule has 0 heterocycles. The quantitative estimate of drug-likeness (QED) is 0.714. The highest BCUT2D eigenvalue weighted by molar-refractivity contribution is 5.79. The fourth-order valence-electron chi connectivity index (χ4n) is 2.20. The average molecular weight is 225 g/mol. The first kappa shape index (κ1) is 12.3. The van der Waals surface area contributed by atoms with Crippen LogP contribution in [0.1, 0.15) is 26.2 Å². The van der Waals surface area contributed by atoms with Gasteiger partial charge in [0.25, 0.3) is 0 Å². The van der Waals surface area contributed by atoms with Crippen LogP contribution in [0.15, 0.2) is 0 Å². The van der Waals surface area contributed by atoms with Crippen molar-refractivity contribution in [3.05, 3.63) is 0 Å². The van der Waals surface area contributed by atoms with Crippen molar-refractivity contribution in [3.63, 3.8) is 0 Å². The molecule has 0 spiro atoms. The van der Waals surface area contributed by atoms with Gasteiger partial charge in [-0.15, -0.1) is 0 Å². The Morgan fingerprint density at radius 3 is 2.47 bits per heavy atom. The van der Waals surface area contributed by atoms with E-state index in [-0.39, 0.29) is 19.3 Å². The normalized spacial score (nSPS) is 37.7. The van der Waals surface area contributed by atoms with E-state index in [9.17, 15) is 18.0 Å². The molecule has 0 aromatic rings. The maximum absolute atomic E-state index is 12.5. The first-order valence-corrected chi connectivity index (χ1v) is 4.78. The van der Waals surface area contributed by atoms with E-state index in [1.54, 1.807) is 0 Å². The maximum Gasteiger partial charge on any atom is 0.392 e. The lowest BCUT2D eigenvalue weighted by Crippen LogP contribution is -2.59. The Balaban J connectivity index is 2.94. The van der Waals surface area contributed by atoms with Crippen molar-refractivity contribution < 1.29 is 23.1 Å². The Bertz CT molecular complexity index is 267. The molecule has 1 aliphatic rings. The first-order chi connectivity index (χ1) is 6.69. The summed E-state index contributed by atoms with van der Waals surface area (Å²) in [4.78, 5) is 10.9. The summed E-state index contributed by atoms with van der Waals surface area (Å²) in [6.07, 6.45) is -4.08. The summed E-state index contributed by atoms with van der Waals surface area (Å²) < 4.78 is 37.6. The molecule has 1 aliphatic carbocycles. The van der Waals surface area contributed by atoms with Crippen molar-refractivity contribution >= 4 is 5.97 Å². The second-order valence-corrected chi connectivity index (χ2v) is 4.17. The van der Waals surface area contributed by atoms with Gasteiger partial charge in [-0.2, -0.15) is 13.2 Å². The largest absolute Gasteiger partial charge is 0.480 e. The molecule has 3 unspecified atom stereocenters. The van der Waals surface area contributed by atoms with Crippen molar-refractivity contribution in [2.75, 3.05) is 0 Å². The van der Waals surface area contributed by atoms with Crippen LogP contribution in [0, 0.1) is 11.8 Å². The summed E-state index contributed by atoms with van der Waals surface area (Å²) >= 11 is 0. The molecule has 0 aromatic carbocycles. The number of hydrogen-bond donors (Lipinski definition) is 2. The molecule has 0 amide bonds. The molecule has 1 fully saturated rings. The van der Waals surface area contributed by atoms with Crippen LogP contribution in [0.25, 0.3) is 0 Å². The molecule has 3 nitrogen and oxygen atoms in total. The number of nitrogens with two attached hydrogens (primary N) is 1. The van der Waals surface area contributed by atoms with E-state index in [1.807, 2.05) is 0 Å². The summed E-state index contributed by atoms with van der Waals surface area (Å²) in [6, 6.07) is 0. The molecule has 0 radical (unpaired) electrons. The molecule has 15 heavy (non-hydrogen) atoms. The number of carbonyl (C=O) groups is 1. The minimum Gasteiger partial charge on any atom is -0.480 e. The highest BCUT2D eigenvalue weighted by Gasteiger charge is 2.54. The zero-order valence-electron chi connectivity index (χ0n) is 8.34. The summed E-state index contributed by atoms with van der Waals surface area (Å²) in [5.41, 5.74) is 3.80. The molecular weight excluding hydrogens is 211 g/mol. The zero-order valence-corrected chi connectivity index (χ0v) is 8.34. The minimum atomic E-state index is -4.36. The van der Waals surface area contributed by atoms with Gasteiger partial charge in [0.1, 0.15) is 5.54 Å². The Morgan fingerprint density at radius 2 is 2.07 bits per heavy atom. The van der Waals surface area contributed by atoms with Crippen LogP contribution in [0.4, 0.5) is 13.2 Å². The minimum absolute atomic E-state index is 0.0309. The molecule has 3 atom stereocenters. The number of rotatable bonds is 1. The lowest BCUT2D eigenvalue weighted by molar-refractivity contribution is -0.204. The summed E-state index contributed by atoms with van der Waals surface area (Å²) in [7, 11) is 0. The molecule has 88 valence electrons. The summed E-state index contributed by atoms with van der Waals surface area (Å²) in [5, 5.41) is 8.86. The van der Waals surface area contributed by atoms with Gasteiger partial charge in [0.15, 0.2) is 0 Å². The second kappa shape index (κ2) is 3.66. The zero-order chi connectivity index (χ0) is 11.9. The Kier molecular flexibility index (Phi) is 3.00. The third-order valence-corrected chi connectivity index (χ3v) is 3.34. The maximum atomic E-state index is 12.5. The van der Waals surface area contributed by atoms with Crippen molar-refractivity contribution in [1.29, 1.82) is 0 Å². The monoisotopic (exact) mass is 225 g/mol. The van der Waals surface area contributed by atoms with Gasteiger partial charge >= 0.3 is 12.1 Å². The summed E-state index contributed by atoms with van der Waals surface area (Å²) in [6.45, 7) is 1.27. The van der Waals surface area contributed by atoms with Gasteiger partial charge in [-0.05, 0) is 18.8 Å². The van der Waals surface area contributed by atoms with Crippen molar-refractivity contribution in [1.82, 2.24) is 0 Å². The molecule has 0 aliphatic heterocycles. The molecule has 1 rings (SSSR count). The van der Waals surface area contributed by atoms with Crippen LogP contribution in [0.2, 0.25) is 0 Å². The van der Waals surface area contributed by atoms with Crippen LogP contribution >= 0.6 is 0 Å². The molecular formula is C9H14F3NO2. The van der Waals surface area contributed by atoms with Crippen LogP contribution in [0.3, 0.4) is 0 Å². The molecule has 0 bridgehead atoms. The Hall–Kier alpha value is -0.780. The molecule has 0 aromatic heterocycles. The lowest BCUT2D eigenvalue weighted by atomic mass is 9.68. The standard InChI is InChI=1S/C9H14F3NO2/c1-5-6(9(10,11)12)3-2-4-8(5,13)7(14)15/h5-6H,2-4,13H2,1H3,(H,14,15). The molecule has 6 heteroatoms. The van der Waals surface area contributed by atoms with Crippen LogP contribution in [-0.4, -0.2) is 22.8 Å². The second-order valence-electron chi connectivity index (χ2n) is 4.17. The number of alkyl halides is 3. The number of carboxylic acids is 1. The number of halogens is 3. The topological polar surface area (TPSA) is 63.3 Å². The van der Waals surface area contributed by atoms with Gasteiger partial charge in [0.05, 0.1) is 5.92 Å². The van der Waals surface area contributed by atoms with Crippen molar-refractivity contribution in [2.45, 2.75) is 37.9 Å². The van der Waals surface area contributed by atoms with E-state index in [0.717, 1.165) is 0 Å². The van der Waals surface area contributed by atoms with Gasteiger partial charge in [0.2, 0.25) is 0 Å². The Labute approximate surface area is 85.4 Å². The number of hydrogen-bond acceptors (Lipinski definition) is 2. The number of carboxylic acid groups (broad SMARTS) is 1. The van der Waals surface area contributed by atoms with E-state index in [0.29, 0.717) is 0 Å². The van der Waals surface area contributed by atoms with Gasteiger partial charge in [-0.25, -0.2) is 0 Å². The van der Waals surface area contributed by atoms with Gasteiger partial charge < -0.3 is 10.8 Å². The van der Waals surface area contributed by atoms with Crippen LogP contribution < -0.4 is 5.73 Å². The fourth-order valence-corrected chi connectivity index (χ4v) is 2.20. The van der Waals surface area contributed by atoms with E-state index in [2.05, 4.69) is 0 Å². The predicted molar refractivity (Wildman–Crippen MR) is 47.1 cm³/mol. The van der Waals surface area contributed by atoms with Crippen LogP contribution in [-0.2, 0) is 4.79 Å². The Morgan fingerprint density at radius 1 is 1.53 bits per heavy atom. The van der Waals surface area contributed by atoms with E-state index < -0.39 is 29.5 Å². The third kappa shape index (κ3) is 2.09.